The monoisotopic (exact) mass is 255 g/mol. The topological polar surface area (TPSA) is 65.0 Å². The normalized spacial score (nSPS) is 10.0. The van der Waals surface area contributed by atoms with E-state index in [1.807, 2.05) is 0 Å². The Balaban J connectivity index is 2.62. The zero-order chi connectivity index (χ0) is 13.8. The second-order valence-electron chi connectivity index (χ2n) is 3.93. The third-order valence-electron chi connectivity index (χ3n) is 2.49. The Morgan fingerprint density at radius 3 is 2.53 bits per heavy atom. The third-order valence-corrected chi connectivity index (χ3v) is 2.49. The number of aromatic nitrogens is 3. The van der Waals surface area contributed by atoms with Crippen LogP contribution in [0.5, 0.6) is 5.88 Å². The van der Waals surface area contributed by atoms with Gasteiger partial charge in [0.15, 0.2) is 11.6 Å². The summed E-state index contributed by atoms with van der Waals surface area (Å²) in [7, 11) is 1.51. The van der Waals surface area contributed by atoms with E-state index in [-0.39, 0.29) is 5.78 Å². The zero-order valence-corrected chi connectivity index (χ0v) is 10.8. The molecule has 0 atom stereocenters. The van der Waals surface area contributed by atoms with E-state index < -0.39 is 0 Å². The first-order valence-corrected chi connectivity index (χ1v) is 5.66. The number of allylic oxidation sites excluding steroid dienone is 1. The number of ketones is 1. The van der Waals surface area contributed by atoms with Gasteiger partial charge in [0, 0.05) is 18.5 Å². The molecule has 19 heavy (non-hydrogen) atoms. The van der Waals surface area contributed by atoms with Crippen molar-refractivity contribution in [1.29, 1.82) is 0 Å². The van der Waals surface area contributed by atoms with Gasteiger partial charge in [0.1, 0.15) is 5.69 Å². The standard InChI is InChI=1S/C14H13N3O2/c1-9(2)13(18)10-5-6-11(19-3)17-12(10)14-15-7-4-8-16-14/h4-8H,1H2,2-3H3. The third kappa shape index (κ3) is 2.65. The van der Waals surface area contributed by atoms with Gasteiger partial charge in [0.05, 0.1) is 12.7 Å². The Labute approximate surface area is 111 Å². The molecule has 0 aromatic carbocycles. The molecule has 0 bridgehead atoms. The van der Waals surface area contributed by atoms with E-state index in [1.165, 1.54) is 7.11 Å². The van der Waals surface area contributed by atoms with Gasteiger partial charge in [-0.05, 0) is 24.6 Å². The molecule has 2 rings (SSSR count). The summed E-state index contributed by atoms with van der Waals surface area (Å²) in [4.78, 5) is 24.6. The van der Waals surface area contributed by atoms with Crippen molar-refractivity contribution in [2.45, 2.75) is 6.92 Å². The maximum absolute atomic E-state index is 12.1. The summed E-state index contributed by atoms with van der Waals surface area (Å²) in [5.41, 5.74) is 1.25. The number of Topliss-reactive ketones (excluding diaryl/α,β-unsaturated/α-hetero) is 1. The predicted molar refractivity (Wildman–Crippen MR) is 71.0 cm³/mol. The van der Waals surface area contributed by atoms with Gasteiger partial charge in [-0.2, -0.15) is 0 Å². The van der Waals surface area contributed by atoms with Crippen LogP contribution in [0.25, 0.3) is 11.5 Å². The van der Waals surface area contributed by atoms with Gasteiger partial charge in [0.2, 0.25) is 5.88 Å². The minimum atomic E-state index is -0.183. The molecule has 0 radical (unpaired) electrons. The Kier molecular flexibility index (Phi) is 3.66. The second-order valence-corrected chi connectivity index (χ2v) is 3.93. The van der Waals surface area contributed by atoms with Gasteiger partial charge in [0.25, 0.3) is 0 Å². The van der Waals surface area contributed by atoms with Crippen LogP contribution in [-0.2, 0) is 0 Å². The van der Waals surface area contributed by atoms with E-state index in [9.17, 15) is 4.79 Å². The number of pyridine rings is 1. The predicted octanol–water partition coefficient (Wildman–Crippen LogP) is 2.31. The molecule has 96 valence electrons. The highest BCUT2D eigenvalue weighted by atomic mass is 16.5. The van der Waals surface area contributed by atoms with Crippen molar-refractivity contribution in [3.63, 3.8) is 0 Å². The summed E-state index contributed by atoms with van der Waals surface area (Å²) < 4.78 is 5.07. The summed E-state index contributed by atoms with van der Waals surface area (Å²) in [5, 5.41) is 0. The molecule has 2 heterocycles. The summed E-state index contributed by atoms with van der Waals surface area (Å²) in [5.74, 6) is 0.601. The molecular formula is C14H13N3O2. The lowest BCUT2D eigenvalue weighted by atomic mass is 10.0. The molecule has 5 heteroatoms. The Morgan fingerprint density at radius 1 is 1.26 bits per heavy atom. The van der Waals surface area contributed by atoms with Crippen LogP contribution >= 0.6 is 0 Å². The van der Waals surface area contributed by atoms with Crippen molar-refractivity contribution in [2.24, 2.45) is 0 Å². The summed E-state index contributed by atoms with van der Waals surface area (Å²) in [6.07, 6.45) is 3.19. The Morgan fingerprint density at radius 2 is 1.95 bits per heavy atom. The molecule has 5 nitrogen and oxygen atoms in total. The van der Waals surface area contributed by atoms with Crippen LogP contribution in [-0.4, -0.2) is 27.8 Å². The molecule has 0 aliphatic rings. The number of hydrogen-bond acceptors (Lipinski definition) is 5. The van der Waals surface area contributed by atoms with Crippen molar-refractivity contribution in [3.8, 4) is 17.4 Å². The van der Waals surface area contributed by atoms with E-state index in [0.717, 1.165) is 0 Å². The second kappa shape index (κ2) is 5.39. The lowest BCUT2D eigenvalue weighted by Crippen LogP contribution is -2.06. The highest BCUT2D eigenvalue weighted by molar-refractivity contribution is 6.11. The molecule has 0 fully saturated rings. The van der Waals surface area contributed by atoms with Crippen molar-refractivity contribution in [2.75, 3.05) is 7.11 Å². The van der Waals surface area contributed by atoms with Crippen LogP contribution in [0.15, 0.2) is 42.7 Å². The van der Waals surface area contributed by atoms with Crippen LogP contribution < -0.4 is 4.74 Å². The number of methoxy groups -OCH3 is 1. The average molecular weight is 255 g/mol. The first kappa shape index (κ1) is 12.9. The molecule has 0 saturated carbocycles. The fourth-order valence-corrected chi connectivity index (χ4v) is 1.56. The summed E-state index contributed by atoms with van der Waals surface area (Å²) >= 11 is 0. The van der Waals surface area contributed by atoms with E-state index in [2.05, 4.69) is 21.5 Å². The van der Waals surface area contributed by atoms with Gasteiger partial charge in [-0.3, -0.25) is 4.79 Å². The fourth-order valence-electron chi connectivity index (χ4n) is 1.56. The number of carbonyl (C=O) groups is 1. The molecule has 0 amide bonds. The molecule has 2 aromatic heterocycles. The molecule has 0 aliphatic heterocycles. The van der Waals surface area contributed by atoms with Gasteiger partial charge >= 0.3 is 0 Å². The van der Waals surface area contributed by atoms with E-state index in [1.54, 1.807) is 37.5 Å². The van der Waals surface area contributed by atoms with Gasteiger partial charge in [-0.15, -0.1) is 0 Å². The van der Waals surface area contributed by atoms with E-state index in [0.29, 0.717) is 28.5 Å². The lowest BCUT2D eigenvalue weighted by molar-refractivity contribution is 0.103. The number of carbonyl (C=O) groups excluding carboxylic acids is 1. The molecule has 0 unspecified atom stereocenters. The highest BCUT2D eigenvalue weighted by Gasteiger charge is 2.17. The Hall–Kier alpha value is -2.56. The maximum Gasteiger partial charge on any atom is 0.213 e. The summed E-state index contributed by atoms with van der Waals surface area (Å²) in [6.45, 7) is 5.31. The summed E-state index contributed by atoms with van der Waals surface area (Å²) in [6, 6.07) is 4.97. The average Bonchev–Trinajstić information content (AvgIpc) is 2.46. The molecule has 0 N–H and O–H groups in total. The minimum absolute atomic E-state index is 0.183. The Bertz CT molecular complexity index is 624. The van der Waals surface area contributed by atoms with Crippen molar-refractivity contribution >= 4 is 5.78 Å². The number of hydrogen-bond donors (Lipinski definition) is 0. The van der Waals surface area contributed by atoms with Gasteiger partial charge in [-0.1, -0.05) is 6.58 Å². The lowest BCUT2D eigenvalue weighted by Gasteiger charge is -2.08. The minimum Gasteiger partial charge on any atom is -0.481 e. The fraction of sp³-hybridized carbons (Fsp3) is 0.143. The van der Waals surface area contributed by atoms with Crippen LogP contribution in [0.3, 0.4) is 0 Å². The van der Waals surface area contributed by atoms with E-state index >= 15 is 0 Å². The van der Waals surface area contributed by atoms with Crippen molar-refractivity contribution < 1.29 is 9.53 Å². The largest absolute Gasteiger partial charge is 0.481 e. The molecule has 0 spiro atoms. The van der Waals surface area contributed by atoms with Crippen LogP contribution in [0.4, 0.5) is 0 Å². The smallest absolute Gasteiger partial charge is 0.213 e. The van der Waals surface area contributed by atoms with Gasteiger partial charge < -0.3 is 4.74 Å². The SMILES string of the molecule is C=C(C)C(=O)c1ccc(OC)nc1-c1ncccn1. The number of nitrogens with zero attached hydrogens (tertiary/aromatic N) is 3. The molecule has 0 aliphatic carbocycles. The van der Waals surface area contributed by atoms with Gasteiger partial charge in [-0.25, -0.2) is 15.0 Å². The number of rotatable bonds is 4. The first-order valence-electron chi connectivity index (χ1n) is 5.66. The molecule has 0 saturated heterocycles. The first-order chi connectivity index (χ1) is 9.13. The van der Waals surface area contributed by atoms with Crippen molar-refractivity contribution in [3.05, 3.63) is 48.3 Å². The van der Waals surface area contributed by atoms with Crippen LogP contribution in [0, 0.1) is 0 Å². The molecular weight excluding hydrogens is 242 g/mol. The quantitative estimate of drug-likeness (QED) is 0.619. The van der Waals surface area contributed by atoms with Crippen LogP contribution in [0.2, 0.25) is 0 Å². The highest BCUT2D eigenvalue weighted by Crippen LogP contribution is 2.23. The molecule has 2 aromatic rings. The maximum atomic E-state index is 12.1. The zero-order valence-electron chi connectivity index (χ0n) is 10.8. The van der Waals surface area contributed by atoms with E-state index in [4.69, 9.17) is 4.74 Å². The van der Waals surface area contributed by atoms with Crippen LogP contribution in [0.1, 0.15) is 17.3 Å². The number of ether oxygens (including phenoxy) is 1. The van der Waals surface area contributed by atoms with Crippen molar-refractivity contribution in [1.82, 2.24) is 15.0 Å².